The number of carbonyl (C=O) groups is 1. The molecule has 2 rings (SSSR count). The number of amides is 1. The Morgan fingerprint density at radius 2 is 2.09 bits per heavy atom. The van der Waals surface area contributed by atoms with E-state index in [-0.39, 0.29) is 5.91 Å². The average molecular weight is 303 g/mol. The van der Waals surface area contributed by atoms with Gasteiger partial charge in [0.25, 0.3) is 0 Å². The summed E-state index contributed by atoms with van der Waals surface area (Å²) < 4.78 is 0. The molecule has 2 heterocycles. The highest BCUT2D eigenvalue weighted by molar-refractivity contribution is 5.78. The molecule has 0 bridgehead atoms. The number of hydrogen-bond donors (Lipinski definition) is 1. The lowest BCUT2D eigenvalue weighted by Crippen LogP contribution is -2.47. The van der Waals surface area contributed by atoms with Gasteiger partial charge in [-0.05, 0) is 25.3 Å². The summed E-state index contributed by atoms with van der Waals surface area (Å²) in [4.78, 5) is 24.8. The van der Waals surface area contributed by atoms with Gasteiger partial charge in [-0.2, -0.15) is 0 Å². The topological polar surface area (TPSA) is 61.4 Å². The van der Waals surface area contributed by atoms with E-state index in [1.807, 2.05) is 26.4 Å². The Morgan fingerprint density at radius 3 is 2.68 bits per heavy atom. The van der Waals surface area contributed by atoms with Crippen LogP contribution in [-0.4, -0.2) is 60.0 Å². The Bertz CT molecular complexity index is 494. The van der Waals surface area contributed by atoms with Crippen LogP contribution in [0.4, 0.5) is 5.95 Å². The molecule has 1 aromatic rings. The van der Waals surface area contributed by atoms with Crippen molar-refractivity contribution in [2.45, 2.75) is 25.8 Å². The van der Waals surface area contributed by atoms with Crippen molar-refractivity contribution in [1.29, 1.82) is 0 Å². The van der Waals surface area contributed by atoms with Crippen molar-refractivity contribution in [2.75, 3.05) is 38.1 Å². The molecule has 6 nitrogen and oxygen atoms in total. The Labute approximate surface area is 132 Å². The molecule has 1 aliphatic rings. The highest BCUT2D eigenvalue weighted by Crippen LogP contribution is 2.18. The molecule has 0 saturated carbocycles. The Balaban J connectivity index is 1.80. The second-order valence-corrected chi connectivity index (χ2v) is 5.77. The molecule has 0 spiro atoms. The van der Waals surface area contributed by atoms with Crippen molar-refractivity contribution >= 4 is 11.9 Å². The van der Waals surface area contributed by atoms with Crippen molar-refractivity contribution < 1.29 is 4.79 Å². The number of carbonyl (C=O) groups excluding carboxylic acids is 1. The fourth-order valence-corrected chi connectivity index (χ4v) is 2.64. The lowest BCUT2D eigenvalue weighted by atomic mass is 10.0. The molecule has 0 radical (unpaired) electrons. The predicted molar refractivity (Wildman–Crippen MR) is 87.8 cm³/mol. The smallest absolute Gasteiger partial charge is 0.234 e. The predicted octanol–water partition coefficient (Wildman–Crippen LogP) is 0.988. The van der Waals surface area contributed by atoms with E-state index < -0.39 is 0 Å². The van der Waals surface area contributed by atoms with Gasteiger partial charge in [0.2, 0.25) is 11.9 Å². The molecule has 6 heteroatoms. The van der Waals surface area contributed by atoms with Crippen LogP contribution in [0.15, 0.2) is 25.0 Å². The van der Waals surface area contributed by atoms with E-state index in [9.17, 15) is 4.79 Å². The van der Waals surface area contributed by atoms with E-state index in [2.05, 4.69) is 31.7 Å². The van der Waals surface area contributed by atoms with Crippen molar-refractivity contribution in [3.05, 3.63) is 30.6 Å². The molecule has 1 aromatic heterocycles. The van der Waals surface area contributed by atoms with Crippen molar-refractivity contribution in [2.24, 2.45) is 0 Å². The number of nitrogens with one attached hydrogen (secondary N) is 1. The van der Waals surface area contributed by atoms with E-state index in [1.54, 1.807) is 6.08 Å². The first kappa shape index (κ1) is 16.4. The average Bonchev–Trinajstić information content (AvgIpc) is 2.54. The standard InChI is InChI=1S/C16H25N5O/c1-4-7-17-15(22)12-21-8-5-14(6-9-21)20(3)16-18-10-13(2)11-19-16/h4,10-11,14H,1,5-9,12H2,2-3H3,(H,17,22). The van der Waals surface area contributed by atoms with E-state index in [4.69, 9.17) is 0 Å². The molecule has 0 atom stereocenters. The van der Waals surface area contributed by atoms with Crippen LogP contribution in [0.25, 0.3) is 0 Å². The molecule has 0 aromatic carbocycles. The van der Waals surface area contributed by atoms with Crippen LogP contribution < -0.4 is 10.2 Å². The Kier molecular flexibility index (Phi) is 5.89. The maximum Gasteiger partial charge on any atom is 0.234 e. The van der Waals surface area contributed by atoms with Crippen LogP contribution in [0, 0.1) is 6.92 Å². The normalized spacial score (nSPS) is 16.3. The minimum Gasteiger partial charge on any atom is -0.352 e. The number of rotatable bonds is 6. The number of nitrogens with zero attached hydrogens (tertiary/aromatic N) is 4. The number of likely N-dealkylation sites (tertiary alicyclic amines) is 1. The highest BCUT2D eigenvalue weighted by atomic mass is 16.2. The molecule has 1 saturated heterocycles. The van der Waals surface area contributed by atoms with Gasteiger partial charge in [-0.25, -0.2) is 9.97 Å². The fraction of sp³-hybridized carbons (Fsp3) is 0.562. The molecule has 22 heavy (non-hydrogen) atoms. The third kappa shape index (κ3) is 4.53. The maximum absolute atomic E-state index is 11.7. The van der Waals surface area contributed by atoms with Gasteiger partial charge in [0.15, 0.2) is 0 Å². The number of anilines is 1. The van der Waals surface area contributed by atoms with Crippen molar-refractivity contribution in [1.82, 2.24) is 20.2 Å². The van der Waals surface area contributed by atoms with Crippen molar-refractivity contribution in [3.8, 4) is 0 Å². The molecular weight excluding hydrogens is 278 g/mol. The highest BCUT2D eigenvalue weighted by Gasteiger charge is 2.24. The third-order valence-electron chi connectivity index (χ3n) is 4.00. The van der Waals surface area contributed by atoms with Crippen LogP contribution in [0.3, 0.4) is 0 Å². The molecule has 1 amide bonds. The van der Waals surface area contributed by atoms with Crippen molar-refractivity contribution in [3.63, 3.8) is 0 Å². The lowest BCUT2D eigenvalue weighted by molar-refractivity contribution is -0.122. The first-order chi connectivity index (χ1) is 10.6. The monoisotopic (exact) mass is 303 g/mol. The molecular formula is C16H25N5O. The second-order valence-electron chi connectivity index (χ2n) is 5.77. The van der Waals surface area contributed by atoms with Gasteiger partial charge in [-0.3, -0.25) is 9.69 Å². The third-order valence-corrected chi connectivity index (χ3v) is 4.00. The number of aryl methyl sites for hydroxylation is 1. The summed E-state index contributed by atoms with van der Waals surface area (Å²) in [6, 6.07) is 0.426. The van der Waals surface area contributed by atoms with E-state index >= 15 is 0 Å². The zero-order valence-electron chi connectivity index (χ0n) is 13.5. The van der Waals surface area contributed by atoms with Gasteiger partial charge in [-0.15, -0.1) is 6.58 Å². The van der Waals surface area contributed by atoms with Gasteiger partial charge in [-0.1, -0.05) is 6.08 Å². The minimum atomic E-state index is 0.0635. The van der Waals surface area contributed by atoms with Crippen LogP contribution in [0.2, 0.25) is 0 Å². The summed E-state index contributed by atoms with van der Waals surface area (Å²) in [5, 5.41) is 2.82. The molecule has 1 N–H and O–H groups in total. The molecule has 1 fully saturated rings. The molecule has 0 aliphatic carbocycles. The minimum absolute atomic E-state index is 0.0635. The van der Waals surface area contributed by atoms with E-state index in [0.29, 0.717) is 19.1 Å². The van der Waals surface area contributed by atoms with E-state index in [1.165, 1.54) is 0 Å². The Hall–Kier alpha value is -1.95. The SMILES string of the molecule is C=CCNC(=O)CN1CCC(N(C)c2ncc(C)cn2)CC1. The summed E-state index contributed by atoms with van der Waals surface area (Å²) in [5.41, 5.74) is 1.07. The second kappa shape index (κ2) is 7.89. The zero-order chi connectivity index (χ0) is 15.9. The summed E-state index contributed by atoms with van der Waals surface area (Å²) >= 11 is 0. The van der Waals surface area contributed by atoms with Crippen LogP contribution >= 0.6 is 0 Å². The largest absolute Gasteiger partial charge is 0.352 e. The van der Waals surface area contributed by atoms with Gasteiger partial charge >= 0.3 is 0 Å². The summed E-state index contributed by atoms with van der Waals surface area (Å²) in [5.74, 6) is 0.835. The molecule has 120 valence electrons. The van der Waals surface area contributed by atoms with E-state index in [0.717, 1.165) is 37.4 Å². The first-order valence-electron chi connectivity index (χ1n) is 7.71. The van der Waals surface area contributed by atoms with Crippen LogP contribution in [0.1, 0.15) is 18.4 Å². The number of aromatic nitrogens is 2. The summed E-state index contributed by atoms with van der Waals surface area (Å²) in [6.45, 7) is 8.42. The quantitative estimate of drug-likeness (QED) is 0.794. The Morgan fingerprint density at radius 1 is 1.45 bits per heavy atom. The van der Waals surface area contributed by atoms with Gasteiger partial charge in [0, 0.05) is 45.1 Å². The van der Waals surface area contributed by atoms with Gasteiger partial charge in [0.1, 0.15) is 0 Å². The number of hydrogen-bond acceptors (Lipinski definition) is 5. The molecule has 1 aliphatic heterocycles. The fourth-order valence-electron chi connectivity index (χ4n) is 2.64. The zero-order valence-corrected chi connectivity index (χ0v) is 13.5. The number of piperidine rings is 1. The molecule has 0 unspecified atom stereocenters. The summed E-state index contributed by atoms with van der Waals surface area (Å²) in [7, 11) is 2.04. The maximum atomic E-state index is 11.7. The lowest BCUT2D eigenvalue weighted by Gasteiger charge is -2.36. The summed E-state index contributed by atoms with van der Waals surface area (Å²) in [6.07, 6.45) is 7.42. The first-order valence-corrected chi connectivity index (χ1v) is 7.71. The van der Waals surface area contributed by atoms with Crippen LogP contribution in [0.5, 0.6) is 0 Å². The van der Waals surface area contributed by atoms with Gasteiger partial charge < -0.3 is 10.2 Å². The van der Waals surface area contributed by atoms with Crippen LogP contribution in [-0.2, 0) is 4.79 Å². The van der Waals surface area contributed by atoms with Gasteiger partial charge in [0.05, 0.1) is 6.54 Å².